The number of rotatable bonds is 28. The van der Waals surface area contributed by atoms with Gasteiger partial charge in [-0.3, -0.25) is 48.7 Å². The number of amides is 9. The molecule has 1 aliphatic carbocycles. The van der Waals surface area contributed by atoms with Crippen LogP contribution in [0.4, 0.5) is 15.3 Å². The fourth-order valence-corrected chi connectivity index (χ4v) is 11.4. The Morgan fingerprint density at radius 2 is 1.49 bits per heavy atom. The van der Waals surface area contributed by atoms with Gasteiger partial charge in [0, 0.05) is 60.1 Å². The van der Waals surface area contributed by atoms with Gasteiger partial charge in [0.2, 0.25) is 23.6 Å². The Kier molecular flexibility index (Phi) is 26.6. The zero-order valence-electron chi connectivity index (χ0n) is 51.7. The number of likely N-dealkylation sites (N-methyl/N-ethyl adjacent to an activating group) is 2. The Hall–Kier alpha value is -7.17. The Bertz CT molecular complexity index is 2670. The lowest BCUT2D eigenvalue weighted by Crippen LogP contribution is -2.60. The van der Waals surface area contributed by atoms with Gasteiger partial charge in [-0.1, -0.05) is 104 Å². The minimum absolute atomic E-state index is 0.0198. The van der Waals surface area contributed by atoms with E-state index in [2.05, 4.69) is 21.3 Å². The van der Waals surface area contributed by atoms with E-state index in [1.54, 1.807) is 76.6 Å². The summed E-state index contributed by atoms with van der Waals surface area (Å²) in [6, 6.07) is 9.63. The van der Waals surface area contributed by atoms with Crippen molar-refractivity contribution in [3.8, 4) is 0 Å². The number of carbonyl (C=O) groups is 9. The van der Waals surface area contributed by atoms with Gasteiger partial charge in [-0.2, -0.15) is 0 Å². The Labute approximate surface area is 501 Å². The molecule has 5 rings (SSSR count). The van der Waals surface area contributed by atoms with Crippen molar-refractivity contribution in [1.29, 1.82) is 0 Å². The molecule has 3 aliphatic rings. The van der Waals surface area contributed by atoms with Crippen molar-refractivity contribution in [2.75, 3.05) is 53.3 Å². The summed E-state index contributed by atoms with van der Waals surface area (Å²) in [6.07, 6.45) is 7.83. The lowest BCUT2D eigenvalue weighted by atomic mass is 9.89. The van der Waals surface area contributed by atoms with E-state index in [1.807, 2.05) is 44.2 Å². The average molecular weight is 1190 g/mol. The number of imide groups is 1. The van der Waals surface area contributed by atoms with Crippen molar-refractivity contribution in [2.24, 2.45) is 23.7 Å². The van der Waals surface area contributed by atoms with Crippen LogP contribution in [-0.2, 0) is 54.3 Å². The molecular formula is C63H92N8O14. The molecule has 0 aromatic heterocycles. The number of allylic oxidation sites excluding steroid dienone is 1. The first-order valence-corrected chi connectivity index (χ1v) is 29.9. The van der Waals surface area contributed by atoms with Crippen LogP contribution in [0.3, 0.4) is 0 Å². The minimum atomic E-state index is -1.12. The van der Waals surface area contributed by atoms with Gasteiger partial charge in [0.1, 0.15) is 24.8 Å². The van der Waals surface area contributed by atoms with E-state index < -0.39 is 114 Å². The molecule has 0 saturated carbocycles. The number of aliphatic hydroxyl groups is 1. The highest BCUT2D eigenvalue weighted by molar-refractivity contribution is 6.13. The number of likely N-dealkylation sites (tertiary alicyclic amines) is 1. The maximum absolute atomic E-state index is 14.8. The Morgan fingerprint density at radius 1 is 0.800 bits per heavy atom. The second kappa shape index (κ2) is 32.9. The maximum atomic E-state index is 14.8. The number of methoxy groups -OCH3 is 2. The first-order valence-electron chi connectivity index (χ1n) is 29.9. The van der Waals surface area contributed by atoms with Crippen molar-refractivity contribution < 1.29 is 67.2 Å². The van der Waals surface area contributed by atoms with Crippen LogP contribution < -0.4 is 21.3 Å². The zero-order valence-corrected chi connectivity index (χ0v) is 51.7. The highest BCUT2D eigenvalue weighted by Gasteiger charge is 2.44. The molecule has 22 nitrogen and oxygen atoms in total. The first kappa shape index (κ1) is 68.6. The number of benzene rings is 2. The molecule has 1 unspecified atom stereocenters. The molecule has 11 atom stereocenters. The zero-order chi connectivity index (χ0) is 62.7. The number of anilines is 1. The van der Waals surface area contributed by atoms with Gasteiger partial charge in [0.15, 0.2) is 0 Å². The summed E-state index contributed by atoms with van der Waals surface area (Å²) < 4.78 is 23.5. The third-order valence-corrected chi connectivity index (χ3v) is 16.5. The number of nitrogens with zero attached hydrogens (tertiary/aromatic N) is 4. The molecule has 468 valence electrons. The average Bonchev–Trinajstić information content (AvgIpc) is 3.70. The molecule has 2 aliphatic heterocycles. The van der Waals surface area contributed by atoms with Crippen LogP contribution in [0.5, 0.6) is 0 Å². The molecule has 0 radical (unpaired) electrons. The maximum Gasteiger partial charge on any atom is 0.412 e. The predicted molar refractivity (Wildman–Crippen MR) is 319 cm³/mol. The van der Waals surface area contributed by atoms with Crippen LogP contribution in [0.2, 0.25) is 0 Å². The van der Waals surface area contributed by atoms with Gasteiger partial charge in [-0.25, -0.2) is 9.59 Å². The van der Waals surface area contributed by atoms with Gasteiger partial charge < -0.3 is 49.8 Å². The van der Waals surface area contributed by atoms with Gasteiger partial charge in [-0.15, -0.1) is 0 Å². The van der Waals surface area contributed by atoms with E-state index in [0.717, 1.165) is 47.6 Å². The van der Waals surface area contributed by atoms with Crippen LogP contribution in [0.25, 0.3) is 0 Å². The summed E-state index contributed by atoms with van der Waals surface area (Å²) in [7, 11) is 6.05. The monoisotopic (exact) mass is 1180 g/mol. The molecule has 9 amide bonds. The normalized spacial score (nSPS) is 19.7. The lowest BCUT2D eigenvalue weighted by Gasteiger charge is -2.41. The summed E-state index contributed by atoms with van der Waals surface area (Å²) in [5.74, 6) is -5.06. The molecular weight excluding hydrogens is 1090 g/mol. The number of aliphatic hydroxyl groups excluding tert-OH is 1. The van der Waals surface area contributed by atoms with Crippen LogP contribution in [-0.4, -0.2) is 175 Å². The molecule has 5 N–H and O–H groups in total. The van der Waals surface area contributed by atoms with Crippen LogP contribution in [0.15, 0.2) is 72.8 Å². The van der Waals surface area contributed by atoms with Crippen molar-refractivity contribution in [3.63, 3.8) is 0 Å². The standard InChI is InChI=1S/C63H92N8O14/c1-13-40(6)55(49(82-11)36-52(74)70-33-22-27-48(70)57(83-12)41(7)58(76)65-42(8)56(75)44-23-18-17-19-24-44)68(9)61(79)53(38(2)3)67-60(78)54(39(4)5)69(10)63(81)84-37-43-28-29-47(66-62(80)85-45-25-20-15-14-16-21-26-45)46(35-43)59(77)64-32-34-71-50(72)30-31-51(71)73/h17-20,23-25,28-31,35,38-42,45,48-49,53-57,75H,13-16,21-22,26-27,32-34,36-37H2,1-12H3,(H,64,77)(H,65,76)(H,66,80)(H,67,78)/b25-20+/t40-,41+,42+,45?,48-,49+,53-,54-,55-,56+,57+/m0/s1. The highest BCUT2D eigenvalue weighted by atomic mass is 16.6. The fraction of sp³-hybridized carbons (Fsp3) is 0.603. The van der Waals surface area contributed by atoms with E-state index in [4.69, 9.17) is 18.9 Å². The number of carbonyl (C=O) groups excluding carboxylic acids is 9. The van der Waals surface area contributed by atoms with E-state index in [-0.39, 0.29) is 55.1 Å². The fourth-order valence-electron chi connectivity index (χ4n) is 11.4. The number of hydrogen-bond donors (Lipinski definition) is 5. The molecule has 2 aromatic carbocycles. The molecule has 85 heavy (non-hydrogen) atoms. The minimum Gasteiger partial charge on any atom is -0.445 e. The Morgan fingerprint density at radius 3 is 2.13 bits per heavy atom. The van der Waals surface area contributed by atoms with Gasteiger partial charge in [0.25, 0.3) is 17.7 Å². The SMILES string of the molecule is CC[C@H](C)[C@@H]([C@@H](CC(=O)N1CCC[C@H]1[C@H](OC)[C@@H](C)C(=O)N[C@H](C)[C@@H](O)c1ccccc1)OC)N(C)C(=O)[C@@H](NC(=O)[C@H](C(C)C)N(C)C(=O)OCc1ccc(NC(=O)OC2/C=C/CCCCC2)c(C(=O)NCCN2C(=O)C=CC2=O)c1)C(C)C. The Balaban J connectivity index is 1.26. The van der Waals surface area contributed by atoms with Crippen molar-refractivity contribution in [3.05, 3.63) is 89.5 Å². The van der Waals surface area contributed by atoms with Crippen molar-refractivity contribution >= 4 is 59.2 Å². The smallest absolute Gasteiger partial charge is 0.412 e. The molecule has 1 saturated heterocycles. The number of nitrogens with one attached hydrogen (secondary N) is 4. The second-order valence-electron chi connectivity index (χ2n) is 23.3. The third-order valence-electron chi connectivity index (χ3n) is 16.5. The molecule has 2 aromatic rings. The molecule has 2 heterocycles. The van der Waals surface area contributed by atoms with Crippen LogP contribution in [0, 0.1) is 23.7 Å². The largest absolute Gasteiger partial charge is 0.445 e. The predicted octanol–water partition coefficient (Wildman–Crippen LogP) is 6.67. The highest BCUT2D eigenvalue weighted by Crippen LogP contribution is 2.31. The van der Waals surface area contributed by atoms with Crippen molar-refractivity contribution in [1.82, 2.24) is 35.6 Å². The summed E-state index contributed by atoms with van der Waals surface area (Å²) >= 11 is 0. The molecule has 0 spiro atoms. The van der Waals surface area contributed by atoms with Gasteiger partial charge >= 0.3 is 12.2 Å². The van der Waals surface area contributed by atoms with Gasteiger partial charge in [0.05, 0.1) is 60.0 Å². The topological polar surface area (TPSA) is 272 Å². The van der Waals surface area contributed by atoms with Crippen LogP contribution in [0.1, 0.15) is 141 Å². The van der Waals surface area contributed by atoms with E-state index in [0.29, 0.717) is 43.4 Å². The van der Waals surface area contributed by atoms with Crippen LogP contribution >= 0.6 is 0 Å². The lowest BCUT2D eigenvalue weighted by molar-refractivity contribution is -0.148. The molecule has 22 heteroatoms. The van der Waals surface area contributed by atoms with E-state index in [9.17, 15) is 48.3 Å². The number of hydrogen-bond acceptors (Lipinski definition) is 14. The van der Waals surface area contributed by atoms with E-state index in [1.165, 1.54) is 33.4 Å². The summed E-state index contributed by atoms with van der Waals surface area (Å²) in [4.78, 5) is 128. The summed E-state index contributed by atoms with van der Waals surface area (Å²) in [5, 5.41) is 22.2. The molecule has 1 fully saturated rings. The summed E-state index contributed by atoms with van der Waals surface area (Å²) in [5.41, 5.74) is 1.08. The quantitative estimate of drug-likeness (QED) is 0.0440. The number of ether oxygens (including phenoxy) is 4. The third kappa shape index (κ3) is 18.7. The first-order chi connectivity index (χ1) is 40.4. The second-order valence-corrected chi connectivity index (χ2v) is 23.3. The van der Waals surface area contributed by atoms with E-state index >= 15 is 0 Å². The molecule has 0 bridgehead atoms. The van der Waals surface area contributed by atoms with Crippen molar-refractivity contribution in [2.45, 2.75) is 174 Å². The van der Waals surface area contributed by atoms with Gasteiger partial charge in [-0.05, 0) is 92.5 Å². The summed E-state index contributed by atoms with van der Waals surface area (Å²) in [6.45, 7) is 14.4.